The zero-order chi connectivity index (χ0) is 18.8. The Balaban J connectivity index is 1.44. The molecule has 8 nitrogen and oxygen atoms in total. The molecule has 0 unspecified atom stereocenters. The van der Waals surface area contributed by atoms with Crippen LogP contribution in [0.1, 0.15) is 23.3 Å². The molecule has 0 saturated carbocycles. The van der Waals surface area contributed by atoms with Crippen LogP contribution in [0.3, 0.4) is 0 Å². The maximum absolute atomic E-state index is 11.9. The molecule has 0 saturated heterocycles. The lowest BCUT2D eigenvalue weighted by Crippen LogP contribution is -2.33. The van der Waals surface area contributed by atoms with Crippen LogP contribution in [-0.2, 0) is 6.42 Å². The van der Waals surface area contributed by atoms with Crippen molar-refractivity contribution in [1.29, 1.82) is 0 Å². The van der Waals surface area contributed by atoms with Gasteiger partial charge in [0.05, 0.1) is 6.26 Å². The number of nitrogens with zero attached hydrogens (tertiary/aromatic N) is 4. The predicted molar refractivity (Wildman–Crippen MR) is 106 cm³/mol. The number of thiocarbonyl (C=S) groups is 1. The Morgan fingerprint density at radius 2 is 2.07 bits per heavy atom. The van der Waals surface area contributed by atoms with E-state index in [1.165, 1.54) is 17.6 Å². The Kier molecular flexibility index (Phi) is 4.65. The third-order valence-electron chi connectivity index (χ3n) is 3.73. The molecule has 3 heterocycles. The molecule has 3 aromatic heterocycles. The topological polar surface area (TPSA) is 97.3 Å². The van der Waals surface area contributed by atoms with E-state index in [0.29, 0.717) is 0 Å². The van der Waals surface area contributed by atoms with Crippen molar-refractivity contribution in [1.82, 2.24) is 25.1 Å². The molecule has 0 spiro atoms. The van der Waals surface area contributed by atoms with Gasteiger partial charge in [-0.2, -0.15) is 9.61 Å². The highest BCUT2D eigenvalue weighted by Crippen LogP contribution is 2.26. The molecule has 10 heteroatoms. The first-order chi connectivity index (χ1) is 13.1. The third kappa shape index (κ3) is 3.57. The van der Waals surface area contributed by atoms with Gasteiger partial charge in [-0.25, -0.2) is 0 Å². The summed E-state index contributed by atoms with van der Waals surface area (Å²) in [7, 11) is 0. The normalized spacial score (nSPS) is 10.9. The molecular formula is C17H14N6O2S2. The number of aryl methyl sites for hydroxylation is 1. The molecule has 2 N–H and O–H groups in total. The van der Waals surface area contributed by atoms with E-state index in [9.17, 15) is 4.79 Å². The number of nitrogens with one attached hydrogen (secondary N) is 2. The van der Waals surface area contributed by atoms with Crippen LogP contribution in [-0.4, -0.2) is 30.8 Å². The van der Waals surface area contributed by atoms with Gasteiger partial charge in [0.25, 0.3) is 5.91 Å². The quantitative estimate of drug-likeness (QED) is 0.510. The highest BCUT2D eigenvalue weighted by molar-refractivity contribution is 7.80. The number of hydrogen-bond acceptors (Lipinski definition) is 7. The average Bonchev–Trinajstić information content (AvgIpc) is 3.39. The molecule has 136 valence electrons. The first-order valence-electron chi connectivity index (χ1n) is 8.11. The maximum atomic E-state index is 11.9. The van der Waals surface area contributed by atoms with Crippen molar-refractivity contribution in [3.63, 3.8) is 0 Å². The van der Waals surface area contributed by atoms with Crippen molar-refractivity contribution in [2.45, 2.75) is 13.3 Å². The van der Waals surface area contributed by atoms with Gasteiger partial charge in [-0.3, -0.25) is 10.1 Å². The van der Waals surface area contributed by atoms with Crippen molar-refractivity contribution < 1.29 is 9.21 Å². The van der Waals surface area contributed by atoms with E-state index in [4.69, 9.17) is 16.6 Å². The molecule has 0 bridgehead atoms. The van der Waals surface area contributed by atoms with Crippen LogP contribution < -0.4 is 10.6 Å². The van der Waals surface area contributed by atoms with E-state index in [1.54, 1.807) is 16.6 Å². The van der Waals surface area contributed by atoms with E-state index >= 15 is 0 Å². The van der Waals surface area contributed by atoms with Crippen molar-refractivity contribution >= 4 is 45.2 Å². The third-order valence-corrected chi connectivity index (χ3v) is 4.89. The number of aromatic nitrogens is 4. The molecule has 1 aromatic carbocycles. The maximum Gasteiger partial charge on any atom is 0.293 e. The Morgan fingerprint density at radius 3 is 2.78 bits per heavy atom. The fourth-order valence-corrected chi connectivity index (χ4v) is 3.50. The molecule has 1 amide bonds. The van der Waals surface area contributed by atoms with Crippen molar-refractivity contribution in [3.8, 4) is 10.6 Å². The summed E-state index contributed by atoms with van der Waals surface area (Å²) in [6.07, 6.45) is 2.20. The minimum Gasteiger partial charge on any atom is -0.459 e. The van der Waals surface area contributed by atoms with Crippen LogP contribution in [0, 0.1) is 0 Å². The van der Waals surface area contributed by atoms with Gasteiger partial charge >= 0.3 is 0 Å². The molecule has 4 aromatic rings. The van der Waals surface area contributed by atoms with Crippen LogP contribution in [0.25, 0.3) is 15.5 Å². The van der Waals surface area contributed by atoms with Crippen LogP contribution in [0.5, 0.6) is 0 Å². The summed E-state index contributed by atoms with van der Waals surface area (Å²) in [6.45, 7) is 2.02. The smallest absolute Gasteiger partial charge is 0.293 e. The second kappa shape index (κ2) is 7.25. The minimum absolute atomic E-state index is 0.190. The van der Waals surface area contributed by atoms with Crippen LogP contribution in [0.4, 0.5) is 5.69 Å². The molecule has 27 heavy (non-hydrogen) atoms. The largest absolute Gasteiger partial charge is 0.459 e. The van der Waals surface area contributed by atoms with Crippen molar-refractivity contribution in [2.75, 3.05) is 5.32 Å². The van der Waals surface area contributed by atoms with E-state index in [1.807, 2.05) is 31.2 Å². The predicted octanol–water partition coefficient (Wildman–Crippen LogP) is 3.13. The molecule has 0 radical (unpaired) electrons. The van der Waals surface area contributed by atoms with Gasteiger partial charge in [0.15, 0.2) is 16.7 Å². The SMILES string of the molecule is CCc1nnc2sc(-c3ccc(NC(=S)NC(=O)c4ccco4)cc3)nn12. The number of benzene rings is 1. The Hall–Kier alpha value is -3.11. The zero-order valence-electron chi connectivity index (χ0n) is 14.2. The van der Waals surface area contributed by atoms with Crippen LogP contribution in [0.15, 0.2) is 47.1 Å². The fraction of sp³-hybridized carbons (Fsp3) is 0.118. The Labute approximate surface area is 163 Å². The van der Waals surface area contributed by atoms with E-state index < -0.39 is 5.91 Å². The van der Waals surface area contributed by atoms with Gasteiger partial charge in [-0.1, -0.05) is 18.3 Å². The van der Waals surface area contributed by atoms with Crippen LogP contribution in [0.2, 0.25) is 0 Å². The second-order valence-corrected chi connectivity index (χ2v) is 6.90. The van der Waals surface area contributed by atoms with Crippen molar-refractivity contribution in [2.24, 2.45) is 0 Å². The average molecular weight is 398 g/mol. The van der Waals surface area contributed by atoms with Crippen molar-refractivity contribution in [3.05, 3.63) is 54.2 Å². The summed E-state index contributed by atoms with van der Waals surface area (Å²) in [5.41, 5.74) is 1.71. The number of fused-ring (bicyclic) bond motifs is 1. The molecule has 4 rings (SSSR count). The summed E-state index contributed by atoms with van der Waals surface area (Å²) < 4.78 is 6.80. The highest BCUT2D eigenvalue weighted by atomic mass is 32.1. The summed E-state index contributed by atoms with van der Waals surface area (Å²) in [5.74, 6) is 0.633. The summed E-state index contributed by atoms with van der Waals surface area (Å²) >= 11 is 6.64. The van der Waals surface area contributed by atoms with Gasteiger partial charge < -0.3 is 9.73 Å². The first-order valence-corrected chi connectivity index (χ1v) is 9.34. The minimum atomic E-state index is -0.402. The number of carbonyl (C=O) groups is 1. The fourth-order valence-electron chi connectivity index (χ4n) is 2.43. The van der Waals surface area contributed by atoms with E-state index in [0.717, 1.165) is 33.5 Å². The Morgan fingerprint density at radius 1 is 1.26 bits per heavy atom. The molecule has 0 fully saturated rings. The van der Waals surface area contributed by atoms with E-state index in [2.05, 4.69) is 25.9 Å². The first kappa shape index (κ1) is 17.3. The zero-order valence-corrected chi connectivity index (χ0v) is 15.8. The number of furan rings is 1. The molecule has 0 atom stereocenters. The second-order valence-electron chi connectivity index (χ2n) is 5.53. The monoisotopic (exact) mass is 398 g/mol. The number of amides is 1. The molecule has 0 aliphatic rings. The lowest BCUT2D eigenvalue weighted by Gasteiger charge is -2.08. The van der Waals surface area contributed by atoms with Gasteiger partial charge in [0.2, 0.25) is 4.96 Å². The number of hydrogen-bond donors (Lipinski definition) is 2. The summed E-state index contributed by atoms with van der Waals surface area (Å²) in [6, 6.07) is 10.8. The van der Waals surface area contributed by atoms with Gasteiger partial charge in [0.1, 0.15) is 5.01 Å². The molecule has 0 aliphatic carbocycles. The molecule has 0 aliphatic heterocycles. The number of anilines is 1. The van der Waals surface area contributed by atoms with Gasteiger partial charge in [-0.05, 0) is 48.6 Å². The standard InChI is InChI=1S/C17H14N6O2S2/c1-2-13-20-21-17-23(13)22-15(27-17)10-5-7-11(8-6-10)18-16(26)19-14(24)12-4-3-9-25-12/h3-9H,2H2,1H3,(H2,18,19,24,26). The number of rotatable bonds is 4. The lowest BCUT2D eigenvalue weighted by molar-refractivity contribution is 0.0950. The van der Waals surface area contributed by atoms with Crippen LogP contribution >= 0.6 is 23.6 Å². The van der Waals surface area contributed by atoms with Gasteiger partial charge in [-0.15, -0.1) is 10.2 Å². The summed E-state index contributed by atoms with van der Waals surface area (Å²) in [5, 5.41) is 19.4. The van der Waals surface area contributed by atoms with Gasteiger partial charge in [0, 0.05) is 17.7 Å². The lowest BCUT2D eigenvalue weighted by atomic mass is 10.2. The molecular weight excluding hydrogens is 384 g/mol. The number of carbonyl (C=O) groups excluding carboxylic acids is 1. The Bertz CT molecular complexity index is 1100. The highest BCUT2D eigenvalue weighted by Gasteiger charge is 2.13. The van der Waals surface area contributed by atoms with E-state index in [-0.39, 0.29) is 10.9 Å². The summed E-state index contributed by atoms with van der Waals surface area (Å²) in [4.78, 5) is 12.7.